The van der Waals surface area contributed by atoms with Gasteiger partial charge in [0.2, 0.25) is 0 Å². The Labute approximate surface area is 128 Å². The van der Waals surface area contributed by atoms with Crippen molar-refractivity contribution in [1.82, 2.24) is 5.32 Å². The lowest BCUT2D eigenvalue weighted by atomic mass is 9.73. The van der Waals surface area contributed by atoms with Gasteiger partial charge in [-0.25, -0.2) is 0 Å². The average molecular weight is 313 g/mol. The van der Waals surface area contributed by atoms with Crippen molar-refractivity contribution >= 4 is 23.7 Å². The predicted octanol–water partition coefficient (Wildman–Crippen LogP) is 2.16. The summed E-state index contributed by atoms with van der Waals surface area (Å²) in [4.78, 5) is 22.8. The number of hydrogen-bond donors (Lipinski definition) is 3. The monoisotopic (exact) mass is 313 g/mol. The first-order valence-corrected chi connectivity index (χ1v) is 8.87. The van der Waals surface area contributed by atoms with Crippen LogP contribution in [0.3, 0.4) is 0 Å². The summed E-state index contributed by atoms with van der Waals surface area (Å²) in [6.07, 6.45) is 6.35. The van der Waals surface area contributed by atoms with Gasteiger partial charge in [0.05, 0.1) is 17.2 Å². The normalized spacial score (nSPS) is 43.2. The van der Waals surface area contributed by atoms with Gasteiger partial charge in [0, 0.05) is 11.3 Å². The second kappa shape index (κ2) is 6.16. The lowest BCUT2D eigenvalue weighted by Gasteiger charge is -2.35. The highest BCUT2D eigenvalue weighted by Gasteiger charge is 2.46. The third-order valence-electron chi connectivity index (χ3n) is 5.36. The number of nitrogens with one attached hydrogen (secondary N) is 1. The molecule has 3 fully saturated rings. The molecule has 0 bridgehead atoms. The van der Waals surface area contributed by atoms with E-state index in [1.807, 2.05) is 11.8 Å². The zero-order chi connectivity index (χ0) is 15.0. The molecule has 118 valence electrons. The molecule has 0 aromatic carbocycles. The molecular weight excluding hydrogens is 290 g/mol. The first kappa shape index (κ1) is 15.2. The Morgan fingerprint density at radius 3 is 2.43 bits per heavy atom. The van der Waals surface area contributed by atoms with Gasteiger partial charge in [0.1, 0.15) is 0 Å². The molecule has 3 aliphatic rings. The molecule has 3 N–H and O–H groups in total. The minimum Gasteiger partial charge on any atom is -0.481 e. The minimum absolute atomic E-state index is 0.0621. The van der Waals surface area contributed by atoms with Gasteiger partial charge in [-0.1, -0.05) is 12.8 Å². The Morgan fingerprint density at radius 1 is 1.00 bits per heavy atom. The second-order valence-electron chi connectivity index (χ2n) is 6.61. The van der Waals surface area contributed by atoms with E-state index in [-0.39, 0.29) is 17.2 Å². The van der Waals surface area contributed by atoms with Crippen LogP contribution in [0.2, 0.25) is 0 Å². The van der Waals surface area contributed by atoms with Crippen LogP contribution in [0, 0.1) is 17.8 Å². The van der Waals surface area contributed by atoms with Gasteiger partial charge >= 0.3 is 11.9 Å². The Morgan fingerprint density at radius 2 is 1.76 bits per heavy atom. The molecule has 6 atom stereocenters. The van der Waals surface area contributed by atoms with E-state index in [4.69, 9.17) is 0 Å². The fourth-order valence-electron chi connectivity index (χ4n) is 4.18. The average Bonchev–Trinajstić information content (AvgIpc) is 2.90. The van der Waals surface area contributed by atoms with Crippen molar-refractivity contribution in [3.8, 4) is 0 Å². The Hall–Kier alpha value is -0.750. The molecule has 0 radical (unpaired) electrons. The topological polar surface area (TPSA) is 86.6 Å². The van der Waals surface area contributed by atoms with Crippen molar-refractivity contribution in [3.05, 3.63) is 0 Å². The third kappa shape index (κ3) is 3.06. The largest absolute Gasteiger partial charge is 0.481 e. The van der Waals surface area contributed by atoms with Crippen LogP contribution >= 0.6 is 11.8 Å². The lowest BCUT2D eigenvalue weighted by molar-refractivity contribution is -0.151. The summed E-state index contributed by atoms with van der Waals surface area (Å²) in [5.74, 6) is -2.38. The molecule has 1 aliphatic heterocycles. The van der Waals surface area contributed by atoms with Crippen LogP contribution in [-0.2, 0) is 9.59 Å². The van der Waals surface area contributed by atoms with Crippen molar-refractivity contribution in [3.63, 3.8) is 0 Å². The molecule has 2 saturated carbocycles. The van der Waals surface area contributed by atoms with Crippen LogP contribution in [0.4, 0.5) is 0 Å². The number of fused-ring (bicyclic) bond motifs is 1. The number of carboxylic acids is 2. The summed E-state index contributed by atoms with van der Waals surface area (Å²) in [6.45, 7) is 0. The van der Waals surface area contributed by atoms with Crippen molar-refractivity contribution in [2.45, 2.75) is 61.6 Å². The van der Waals surface area contributed by atoms with E-state index in [0.717, 1.165) is 0 Å². The van der Waals surface area contributed by atoms with Crippen molar-refractivity contribution in [2.24, 2.45) is 17.8 Å². The number of carboxylic acid groups (broad SMARTS) is 2. The maximum absolute atomic E-state index is 11.5. The van der Waals surface area contributed by atoms with Gasteiger partial charge in [0.15, 0.2) is 0 Å². The first-order chi connectivity index (χ1) is 10.1. The fourth-order valence-corrected chi connectivity index (χ4v) is 6.02. The molecule has 1 heterocycles. The summed E-state index contributed by atoms with van der Waals surface area (Å²) in [5.41, 5.74) is 0. The van der Waals surface area contributed by atoms with Crippen LogP contribution in [-0.4, -0.2) is 38.8 Å². The van der Waals surface area contributed by atoms with E-state index in [2.05, 4.69) is 5.32 Å². The second-order valence-corrected chi connectivity index (χ2v) is 8.00. The molecule has 1 saturated heterocycles. The smallest absolute Gasteiger partial charge is 0.306 e. The van der Waals surface area contributed by atoms with E-state index in [1.165, 1.54) is 25.7 Å². The van der Waals surface area contributed by atoms with E-state index in [9.17, 15) is 19.8 Å². The van der Waals surface area contributed by atoms with Crippen molar-refractivity contribution < 1.29 is 19.8 Å². The van der Waals surface area contributed by atoms with Gasteiger partial charge in [-0.15, -0.1) is 11.8 Å². The van der Waals surface area contributed by atoms with E-state index in [0.29, 0.717) is 30.6 Å². The SMILES string of the molecule is O=C(O)C1CCC(C(=O)O)C(C2NC3CCCCC3S2)C1. The Balaban J connectivity index is 1.73. The molecule has 2 aliphatic carbocycles. The van der Waals surface area contributed by atoms with Crippen LogP contribution in [0.5, 0.6) is 0 Å². The molecule has 6 heteroatoms. The maximum atomic E-state index is 11.5. The highest BCUT2D eigenvalue weighted by atomic mass is 32.2. The summed E-state index contributed by atoms with van der Waals surface area (Å²) < 4.78 is 0. The molecule has 0 aromatic rings. The molecule has 3 rings (SSSR count). The van der Waals surface area contributed by atoms with Gasteiger partial charge in [-0.2, -0.15) is 0 Å². The highest BCUT2D eigenvalue weighted by Crippen LogP contribution is 2.46. The van der Waals surface area contributed by atoms with E-state index >= 15 is 0 Å². The summed E-state index contributed by atoms with van der Waals surface area (Å²) in [6, 6.07) is 0.494. The first-order valence-electron chi connectivity index (χ1n) is 7.93. The summed E-state index contributed by atoms with van der Waals surface area (Å²) >= 11 is 1.87. The third-order valence-corrected chi connectivity index (χ3v) is 7.05. The van der Waals surface area contributed by atoms with Gasteiger partial charge < -0.3 is 15.5 Å². The number of hydrogen-bond acceptors (Lipinski definition) is 4. The number of rotatable bonds is 3. The van der Waals surface area contributed by atoms with Crippen LogP contribution < -0.4 is 5.32 Å². The van der Waals surface area contributed by atoms with Crippen LogP contribution in [0.1, 0.15) is 44.9 Å². The summed E-state index contributed by atoms with van der Waals surface area (Å²) in [5, 5.41) is 23.0. The van der Waals surface area contributed by atoms with Gasteiger partial charge in [-0.05, 0) is 38.0 Å². The Bertz CT molecular complexity index is 416. The number of aliphatic carboxylic acids is 2. The predicted molar refractivity (Wildman–Crippen MR) is 80.2 cm³/mol. The molecule has 0 amide bonds. The van der Waals surface area contributed by atoms with E-state index < -0.39 is 17.9 Å². The fraction of sp³-hybridized carbons (Fsp3) is 0.867. The Kier molecular flexibility index (Phi) is 4.45. The van der Waals surface area contributed by atoms with E-state index in [1.54, 1.807) is 0 Å². The number of carbonyl (C=O) groups is 2. The van der Waals surface area contributed by atoms with Crippen molar-refractivity contribution in [1.29, 1.82) is 0 Å². The summed E-state index contributed by atoms with van der Waals surface area (Å²) in [7, 11) is 0. The van der Waals surface area contributed by atoms with Gasteiger partial charge in [-0.3, -0.25) is 9.59 Å². The standard InChI is InChI=1S/C15H23NO4S/c17-14(18)8-5-6-9(15(19)20)10(7-8)13-16-11-3-1-2-4-12(11)21-13/h8-13,16H,1-7H2,(H,17,18)(H,19,20). The molecule has 0 spiro atoms. The van der Waals surface area contributed by atoms with Crippen molar-refractivity contribution in [2.75, 3.05) is 0 Å². The highest BCUT2D eigenvalue weighted by molar-refractivity contribution is 8.00. The van der Waals surface area contributed by atoms with Gasteiger partial charge in [0.25, 0.3) is 0 Å². The quantitative estimate of drug-likeness (QED) is 0.740. The molecule has 6 unspecified atom stereocenters. The van der Waals surface area contributed by atoms with Crippen LogP contribution in [0.25, 0.3) is 0 Å². The van der Waals surface area contributed by atoms with Crippen LogP contribution in [0.15, 0.2) is 0 Å². The lowest BCUT2D eigenvalue weighted by Crippen LogP contribution is -2.44. The number of thioether (sulfide) groups is 1. The minimum atomic E-state index is -0.774. The maximum Gasteiger partial charge on any atom is 0.306 e. The zero-order valence-corrected chi connectivity index (χ0v) is 12.8. The molecular formula is C15H23NO4S. The molecule has 5 nitrogen and oxygen atoms in total. The molecule has 21 heavy (non-hydrogen) atoms. The molecule has 0 aromatic heterocycles. The zero-order valence-electron chi connectivity index (χ0n) is 12.0.